The zero-order chi connectivity index (χ0) is 19.0. The van der Waals surface area contributed by atoms with Gasteiger partial charge >= 0.3 is 0 Å². The highest BCUT2D eigenvalue weighted by Gasteiger charge is 2.35. The second-order valence-electron chi connectivity index (χ2n) is 6.15. The number of anilines is 1. The fourth-order valence-corrected chi connectivity index (χ4v) is 3.21. The van der Waals surface area contributed by atoms with Gasteiger partial charge in [0, 0.05) is 29.5 Å². The lowest BCUT2D eigenvalue weighted by Gasteiger charge is -2.17. The molecule has 1 aliphatic heterocycles. The molecule has 3 aromatic rings. The summed E-state index contributed by atoms with van der Waals surface area (Å²) >= 11 is 5.77. The highest BCUT2D eigenvalue weighted by atomic mass is 35.5. The van der Waals surface area contributed by atoms with Crippen molar-refractivity contribution in [1.82, 2.24) is 10.1 Å². The van der Waals surface area contributed by atoms with Crippen LogP contribution in [0.25, 0.3) is 11.5 Å². The monoisotopic (exact) mass is 382 g/mol. The number of halogens is 2. The van der Waals surface area contributed by atoms with Gasteiger partial charge in [0.1, 0.15) is 5.82 Å². The third-order valence-corrected chi connectivity index (χ3v) is 4.61. The summed E-state index contributed by atoms with van der Waals surface area (Å²) in [4.78, 5) is 18.1. The molecule has 1 unspecified atom stereocenters. The molecular weight excluding hydrogens is 371 g/mol. The number of rotatable bonds is 3. The van der Waals surface area contributed by atoms with Crippen LogP contribution < -0.4 is 4.90 Å². The molecule has 2 heterocycles. The zero-order valence-electron chi connectivity index (χ0n) is 13.9. The van der Waals surface area contributed by atoms with Gasteiger partial charge < -0.3 is 9.42 Å². The molecule has 0 aliphatic carbocycles. The molecule has 6 nitrogen and oxygen atoms in total. The van der Waals surface area contributed by atoms with Gasteiger partial charge in [-0.25, -0.2) is 4.39 Å². The molecule has 1 saturated heterocycles. The molecule has 0 N–H and O–H groups in total. The van der Waals surface area contributed by atoms with Gasteiger partial charge in [0.15, 0.2) is 5.82 Å². The van der Waals surface area contributed by atoms with E-state index in [1.165, 1.54) is 23.1 Å². The molecule has 4 rings (SSSR count). The van der Waals surface area contributed by atoms with Crippen molar-refractivity contribution < 1.29 is 13.7 Å². The second kappa shape index (κ2) is 6.82. The molecular formula is C19H12ClFN4O2. The van der Waals surface area contributed by atoms with Crippen LogP contribution in [0.3, 0.4) is 0 Å². The van der Waals surface area contributed by atoms with Gasteiger partial charge in [-0.05, 0) is 36.4 Å². The molecule has 134 valence electrons. The first-order chi connectivity index (χ1) is 13.0. The van der Waals surface area contributed by atoms with Crippen LogP contribution in [0.1, 0.15) is 23.7 Å². The van der Waals surface area contributed by atoms with Crippen LogP contribution in [0.15, 0.2) is 47.0 Å². The molecule has 1 amide bonds. The smallest absolute Gasteiger partial charge is 0.257 e. The maximum atomic E-state index is 14.1. The summed E-state index contributed by atoms with van der Waals surface area (Å²) in [5, 5.41) is 13.2. The van der Waals surface area contributed by atoms with Crippen molar-refractivity contribution in [3.8, 4) is 17.5 Å². The van der Waals surface area contributed by atoms with Gasteiger partial charge in [0.2, 0.25) is 5.91 Å². The summed E-state index contributed by atoms with van der Waals surface area (Å²) in [5.41, 5.74) is 1.28. The number of hydrogen-bond acceptors (Lipinski definition) is 5. The molecule has 0 spiro atoms. The first-order valence-electron chi connectivity index (χ1n) is 8.14. The number of hydrogen-bond donors (Lipinski definition) is 0. The van der Waals surface area contributed by atoms with Gasteiger partial charge in [-0.1, -0.05) is 22.8 Å². The summed E-state index contributed by atoms with van der Waals surface area (Å²) in [6.07, 6.45) is 0.152. The van der Waals surface area contributed by atoms with E-state index >= 15 is 0 Å². The molecule has 1 aliphatic rings. The van der Waals surface area contributed by atoms with E-state index in [-0.39, 0.29) is 41.4 Å². The maximum Gasteiger partial charge on any atom is 0.257 e. The Morgan fingerprint density at radius 2 is 2.15 bits per heavy atom. The summed E-state index contributed by atoms with van der Waals surface area (Å²) < 4.78 is 19.4. The van der Waals surface area contributed by atoms with Crippen LogP contribution in [-0.4, -0.2) is 22.6 Å². The molecule has 8 heteroatoms. The number of carbonyl (C=O) groups is 1. The van der Waals surface area contributed by atoms with Gasteiger partial charge in [-0.3, -0.25) is 4.79 Å². The van der Waals surface area contributed by atoms with Crippen LogP contribution in [0, 0.1) is 17.1 Å². The average molecular weight is 383 g/mol. The minimum Gasteiger partial charge on any atom is -0.334 e. The lowest BCUT2D eigenvalue weighted by molar-refractivity contribution is -0.117. The molecule has 1 fully saturated rings. The number of nitriles is 1. The minimum atomic E-state index is -0.557. The van der Waals surface area contributed by atoms with Crippen molar-refractivity contribution in [2.24, 2.45) is 0 Å². The maximum absolute atomic E-state index is 14.1. The SMILES string of the molecule is N#Cc1cccc(-c2nc(C3CC(=O)N(c4ccc(Cl)cc4F)C3)no2)c1. The number of aromatic nitrogens is 2. The quantitative estimate of drug-likeness (QED) is 0.685. The van der Waals surface area contributed by atoms with Gasteiger partial charge in [0.25, 0.3) is 5.89 Å². The molecule has 27 heavy (non-hydrogen) atoms. The first kappa shape index (κ1) is 17.2. The third kappa shape index (κ3) is 3.27. The standard InChI is InChI=1S/C19H12ClFN4O2/c20-14-4-5-16(15(21)8-14)25-10-13(7-17(25)26)18-23-19(27-24-18)12-3-1-2-11(6-12)9-22/h1-6,8,13H,7,10H2. The Morgan fingerprint density at radius 3 is 2.93 bits per heavy atom. The van der Waals surface area contributed by atoms with Crippen molar-refractivity contribution in [2.75, 3.05) is 11.4 Å². The summed E-state index contributed by atoms with van der Waals surface area (Å²) in [6, 6.07) is 13.0. The van der Waals surface area contributed by atoms with E-state index in [1.807, 2.05) is 0 Å². The summed E-state index contributed by atoms with van der Waals surface area (Å²) in [6.45, 7) is 0.245. The minimum absolute atomic E-state index is 0.152. The van der Waals surface area contributed by atoms with Crippen LogP contribution in [0.5, 0.6) is 0 Å². The normalized spacial score (nSPS) is 16.6. The van der Waals surface area contributed by atoms with E-state index in [4.69, 9.17) is 21.4 Å². The number of benzene rings is 2. The lowest BCUT2D eigenvalue weighted by atomic mass is 10.1. The second-order valence-corrected chi connectivity index (χ2v) is 6.59. The zero-order valence-corrected chi connectivity index (χ0v) is 14.7. The summed E-state index contributed by atoms with van der Waals surface area (Å²) in [7, 11) is 0. The number of amides is 1. The van der Waals surface area contributed by atoms with E-state index in [0.717, 1.165) is 0 Å². The molecule has 1 atom stereocenters. The molecule has 0 bridgehead atoms. The van der Waals surface area contributed by atoms with E-state index < -0.39 is 5.82 Å². The Kier molecular flexibility index (Phi) is 4.34. The third-order valence-electron chi connectivity index (χ3n) is 4.37. The number of carbonyl (C=O) groups excluding carboxylic acids is 1. The Labute approximate surface area is 158 Å². The van der Waals surface area contributed by atoms with E-state index in [2.05, 4.69) is 16.2 Å². The highest BCUT2D eigenvalue weighted by molar-refractivity contribution is 6.30. The highest BCUT2D eigenvalue weighted by Crippen LogP contribution is 2.33. The van der Waals surface area contributed by atoms with E-state index in [0.29, 0.717) is 17.0 Å². The van der Waals surface area contributed by atoms with Crippen molar-refractivity contribution in [1.29, 1.82) is 5.26 Å². The largest absolute Gasteiger partial charge is 0.334 e. The van der Waals surface area contributed by atoms with Crippen molar-refractivity contribution in [3.63, 3.8) is 0 Å². The van der Waals surface area contributed by atoms with E-state index in [1.54, 1.807) is 24.3 Å². The van der Waals surface area contributed by atoms with Crippen molar-refractivity contribution >= 4 is 23.2 Å². The Hall–Kier alpha value is -3.24. The van der Waals surface area contributed by atoms with Crippen LogP contribution >= 0.6 is 11.6 Å². The van der Waals surface area contributed by atoms with Crippen molar-refractivity contribution in [3.05, 3.63) is 64.7 Å². The van der Waals surface area contributed by atoms with Gasteiger partial charge in [0.05, 0.1) is 17.3 Å². The predicted molar refractivity (Wildman–Crippen MR) is 95.6 cm³/mol. The Balaban J connectivity index is 1.58. The summed E-state index contributed by atoms with van der Waals surface area (Å²) in [5.74, 6) is -0.454. The Morgan fingerprint density at radius 1 is 1.30 bits per heavy atom. The van der Waals surface area contributed by atoms with Crippen molar-refractivity contribution in [2.45, 2.75) is 12.3 Å². The number of nitrogens with zero attached hydrogens (tertiary/aromatic N) is 4. The molecule has 1 aromatic heterocycles. The van der Waals surface area contributed by atoms with Gasteiger partial charge in [-0.2, -0.15) is 10.2 Å². The molecule has 0 radical (unpaired) electrons. The lowest BCUT2D eigenvalue weighted by Crippen LogP contribution is -2.25. The van der Waals surface area contributed by atoms with Crippen LogP contribution in [0.4, 0.5) is 10.1 Å². The predicted octanol–water partition coefficient (Wildman–Crippen LogP) is 3.92. The fourth-order valence-electron chi connectivity index (χ4n) is 3.05. The topological polar surface area (TPSA) is 83.0 Å². The first-order valence-corrected chi connectivity index (χ1v) is 8.52. The molecule has 2 aromatic carbocycles. The Bertz CT molecular complexity index is 1080. The van der Waals surface area contributed by atoms with E-state index in [9.17, 15) is 9.18 Å². The van der Waals surface area contributed by atoms with Gasteiger partial charge in [-0.15, -0.1) is 0 Å². The molecule has 0 saturated carbocycles. The fraction of sp³-hybridized carbons (Fsp3) is 0.158. The van der Waals surface area contributed by atoms with Crippen LogP contribution in [0.2, 0.25) is 5.02 Å². The average Bonchev–Trinajstić information content (AvgIpc) is 3.29. The van der Waals surface area contributed by atoms with Crippen LogP contribution in [-0.2, 0) is 4.79 Å².